The Labute approximate surface area is 136 Å². The van der Waals surface area contributed by atoms with Crippen LogP contribution in [0.25, 0.3) is 5.69 Å². The van der Waals surface area contributed by atoms with E-state index in [1.165, 1.54) is 0 Å². The fourth-order valence-corrected chi connectivity index (χ4v) is 2.55. The molecule has 0 fully saturated rings. The maximum atomic E-state index is 11.9. The number of ether oxygens (including phenoxy) is 1. The van der Waals surface area contributed by atoms with Gasteiger partial charge in [-0.2, -0.15) is 0 Å². The van der Waals surface area contributed by atoms with Crippen LogP contribution in [0.15, 0.2) is 22.7 Å². The zero-order valence-corrected chi connectivity index (χ0v) is 14.0. The number of carbonyl (C=O) groups is 1. The van der Waals surface area contributed by atoms with Gasteiger partial charge in [0.1, 0.15) is 11.6 Å². The van der Waals surface area contributed by atoms with Crippen molar-refractivity contribution >= 4 is 39.3 Å². The SMILES string of the molecule is CCOC(=O)c1nc(CC)n(-c2cc(Br)ccc2Cl)c1N. The van der Waals surface area contributed by atoms with Gasteiger partial charge in [-0.15, -0.1) is 0 Å². The summed E-state index contributed by atoms with van der Waals surface area (Å²) in [4.78, 5) is 16.2. The monoisotopic (exact) mass is 371 g/mol. The molecule has 1 heterocycles. The second kappa shape index (κ2) is 6.49. The van der Waals surface area contributed by atoms with Crippen LogP contribution < -0.4 is 5.73 Å². The number of benzene rings is 1. The van der Waals surface area contributed by atoms with Crippen LogP contribution in [0, 0.1) is 0 Å². The molecule has 1 aromatic heterocycles. The zero-order valence-electron chi connectivity index (χ0n) is 11.7. The number of aryl methyl sites for hydroxylation is 1. The molecule has 0 spiro atoms. The molecule has 0 aliphatic heterocycles. The van der Waals surface area contributed by atoms with Crippen molar-refractivity contribution in [3.05, 3.63) is 39.2 Å². The van der Waals surface area contributed by atoms with Crippen molar-refractivity contribution in [2.45, 2.75) is 20.3 Å². The van der Waals surface area contributed by atoms with Gasteiger partial charge in [0, 0.05) is 10.9 Å². The fourth-order valence-electron chi connectivity index (χ4n) is 1.99. The van der Waals surface area contributed by atoms with E-state index in [1.54, 1.807) is 17.6 Å². The fraction of sp³-hybridized carbons (Fsp3) is 0.286. The summed E-state index contributed by atoms with van der Waals surface area (Å²) >= 11 is 9.64. The van der Waals surface area contributed by atoms with Crippen molar-refractivity contribution in [2.24, 2.45) is 0 Å². The van der Waals surface area contributed by atoms with Gasteiger partial charge in [0.2, 0.25) is 0 Å². The van der Waals surface area contributed by atoms with Gasteiger partial charge in [0.15, 0.2) is 5.69 Å². The molecule has 2 aromatic rings. The summed E-state index contributed by atoms with van der Waals surface area (Å²) in [5.74, 6) is 0.343. The van der Waals surface area contributed by atoms with Crippen LogP contribution in [0.2, 0.25) is 5.02 Å². The standard InChI is InChI=1S/C14H15BrClN3O2/c1-3-11-18-12(14(20)21-4-2)13(17)19(11)10-7-8(15)5-6-9(10)16/h5-7H,3-4,17H2,1-2H3. The van der Waals surface area contributed by atoms with E-state index in [1.807, 2.05) is 19.1 Å². The minimum absolute atomic E-state index is 0.116. The largest absolute Gasteiger partial charge is 0.461 e. The Hall–Kier alpha value is -1.53. The summed E-state index contributed by atoms with van der Waals surface area (Å²) in [7, 11) is 0. The van der Waals surface area contributed by atoms with E-state index in [0.29, 0.717) is 23.0 Å². The highest BCUT2D eigenvalue weighted by molar-refractivity contribution is 9.10. The quantitative estimate of drug-likeness (QED) is 0.832. The lowest BCUT2D eigenvalue weighted by Crippen LogP contribution is -2.09. The number of hydrogen-bond donors (Lipinski definition) is 1. The Balaban J connectivity index is 2.63. The molecule has 2 N–H and O–H groups in total. The Morgan fingerprint density at radius 1 is 1.48 bits per heavy atom. The second-order valence-electron chi connectivity index (χ2n) is 4.27. The van der Waals surface area contributed by atoms with Crippen LogP contribution >= 0.6 is 27.5 Å². The molecule has 21 heavy (non-hydrogen) atoms. The van der Waals surface area contributed by atoms with Gasteiger partial charge in [-0.05, 0) is 25.1 Å². The summed E-state index contributed by atoms with van der Waals surface area (Å²) in [5, 5.41) is 0.521. The number of nitrogens with two attached hydrogens (primary N) is 1. The van der Waals surface area contributed by atoms with E-state index < -0.39 is 5.97 Å². The molecule has 0 amide bonds. The number of nitrogens with zero attached hydrogens (tertiary/aromatic N) is 2. The van der Waals surface area contributed by atoms with Gasteiger partial charge in [0.05, 0.1) is 17.3 Å². The van der Waals surface area contributed by atoms with Crippen molar-refractivity contribution in [1.82, 2.24) is 9.55 Å². The molecular weight excluding hydrogens is 358 g/mol. The number of aromatic nitrogens is 2. The highest BCUT2D eigenvalue weighted by Crippen LogP contribution is 2.29. The van der Waals surface area contributed by atoms with Crippen LogP contribution in [-0.2, 0) is 11.2 Å². The molecule has 0 saturated carbocycles. The topological polar surface area (TPSA) is 70.1 Å². The molecule has 0 unspecified atom stereocenters. The smallest absolute Gasteiger partial charge is 0.360 e. The summed E-state index contributed by atoms with van der Waals surface area (Å²) in [6.07, 6.45) is 0.604. The minimum Gasteiger partial charge on any atom is -0.461 e. The molecule has 0 saturated heterocycles. The molecule has 2 rings (SSSR count). The van der Waals surface area contributed by atoms with Crippen molar-refractivity contribution in [2.75, 3.05) is 12.3 Å². The van der Waals surface area contributed by atoms with E-state index in [2.05, 4.69) is 20.9 Å². The van der Waals surface area contributed by atoms with Crippen molar-refractivity contribution in [1.29, 1.82) is 0 Å². The average molecular weight is 373 g/mol. The molecule has 112 valence electrons. The van der Waals surface area contributed by atoms with E-state index in [4.69, 9.17) is 22.1 Å². The number of anilines is 1. The van der Waals surface area contributed by atoms with Crippen LogP contribution in [0.4, 0.5) is 5.82 Å². The first-order valence-electron chi connectivity index (χ1n) is 6.49. The van der Waals surface area contributed by atoms with Gasteiger partial charge in [-0.1, -0.05) is 34.5 Å². The highest BCUT2D eigenvalue weighted by Gasteiger charge is 2.22. The summed E-state index contributed by atoms with van der Waals surface area (Å²) in [6, 6.07) is 5.41. The van der Waals surface area contributed by atoms with Gasteiger partial charge < -0.3 is 10.5 Å². The number of imidazole rings is 1. The first-order chi connectivity index (χ1) is 9.99. The second-order valence-corrected chi connectivity index (χ2v) is 5.59. The first kappa shape index (κ1) is 15.9. The average Bonchev–Trinajstić information content (AvgIpc) is 2.78. The van der Waals surface area contributed by atoms with Crippen LogP contribution in [0.3, 0.4) is 0 Å². The zero-order chi connectivity index (χ0) is 15.6. The number of carbonyl (C=O) groups excluding carboxylic acids is 1. The number of rotatable bonds is 4. The maximum Gasteiger partial charge on any atom is 0.360 e. The Morgan fingerprint density at radius 3 is 2.81 bits per heavy atom. The molecule has 7 heteroatoms. The molecular formula is C14H15BrClN3O2. The van der Waals surface area contributed by atoms with Crippen LogP contribution in [-0.4, -0.2) is 22.1 Å². The predicted octanol–water partition coefficient (Wildman–Crippen LogP) is 3.61. The number of nitrogen functional groups attached to an aromatic ring is 1. The maximum absolute atomic E-state index is 11.9. The third kappa shape index (κ3) is 3.06. The highest BCUT2D eigenvalue weighted by atomic mass is 79.9. The predicted molar refractivity (Wildman–Crippen MR) is 86.0 cm³/mol. The molecule has 0 radical (unpaired) electrons. The molecule has 0 aliphatic rings. The third-order valence-corrected chi connectivity index (χ3v) is 3.73. The lowest BCUT2D eigenvalue weighted by atomic mass is 10.3. The van der Waals surface area contributed by atoms with Crippen LogP contribution in [0.1, 0.15) is 30.2 Å². The van der Waals surface area contributed by atoms with Crippen molar-refractivity contribution in [3.8, 4) is 5.69 Å². The summed E-state index contributed by atoms with van der Waals surface area (Å²) in [5.41, 5.74) is 6.87. The van der Waals surface area contributed by atoms with Gasteiger partial charge in [-0.3, -0.25) is 4.57 Å². The normalized spacial score (nSPS) is 10.7. The molecule has 1 aromatic carbocycles. The molecule has 0 atom stereocenters. The number of halogens is 2. The van der Waals surface area contributed by atoms with Crippen molar-refractivity contribution < 1.29 is 9.53 Å². The third-order valence-electron chi connectivity index (χ3n) is 2.92. The van der Waals surface area contributed by atoms with Gasteiger partial charge in [0.25, 0.3) is 0 Å². The lowest BCUT2D eigenvalue weighted by molar-refractivity contribution is 0.0521. The van der Waals surface area contributed by atoms with Gasteiger partial charge >= 0.3 is 5.97 Å². The summed E-state index contributed by atoms with van der Waals surface area (Å²) in [6.45, 7) is 3.93. The van der Waals surface area contributed by atoms with Gasteiger partial charge in [-0.25, -0.2) is 9.78 Å². The van der Waals surface area contributed by atoms with Crippen LogP contribution in [0.5, 0.6) is 0 Å². The van der Waals surface area contributed by atoms with E-state index in [9.17, 15) is 4.79 Å². The molecule has 0 aliphatic carbocycles. The molecule has 0 bridgehead atoms. The lowest BCUT2D eigenvalue weighted by Gasteiger charge is -2.11. The Morgan fingerprint density at radius 2 is 2.19 bits per heavy atom. The van der Waals surface area contributed by atoms with E-state index >= 15 is 0 Å². The Kier molecular flexibility index (Phi) is 4.90. The van der Waals surface area contributed by atoms with E-state index in [-0.39, 0.29) is 18.1 Å². The van der Waals surface area contributed by atoms with Crippen molar-refractivity contribution in [3.63, 3.8) is 0 Å². The number of hydrogen-bond acceptors (Lipinski definition) is 4. The van der Waals surface area contributed by atoms with E-state index in [0.717, 1.165) is 4.47 Å². The number of esters is 1. The first-order valence-corrected chi connectivity index (χ1v) is 7.66. The molecule has 5 nitrogen and oxygen atoms in total. The Bertz CT molecular complexity index is 685. The summed E-state index contributed by atoms with van der Waals surface area (Å²) < 4.78 is 7.51. The minimum atomic E-state index is -0.533.